The summed E-state index contributed by atoms with van der Waals surface area (Å²) in [6.07, 6.45) is 1.91. The van der Waals surface area contributed by atoms with E-state index in [1.165, 1.54) is 16.2 Å². The standard InChI is InChI=1S/C16H11N5S2/c17-8-11-3-5-12(6-4-11)14-10-21-16(19-14)23-15(20-21)18-9-13-2-1-7-22-13/h1-7,10H,9H2,(H,18,20). The van der Waals surface area contributed by atoms with Gasteiger partial charge in [0.25, 0.3) is 0 Å². The quantitative estimate of drug-likeness (QED) is 0.611. The highest BCUT2D eigenvalue weighted by atomic mass is 32.1. The van der Waals surface area contributed by atoms with Gasteiger partial charge in [-0.15, -0.1) is 16.4 Å². The Morgan fingerprint density at radius 3 is 2.78 bits per heavy atom. The number of hydrogen-bond donors (Lipinski definition) is 1. The van der Waals surface area contributed by atoms with E-state index < -0.39 is 0 Å². The highest BCUT2D eigenvalue weighted by Crippen LogP contribution is 2.25. The van der Waals surface area contributed by atoms with Crippen LogP contribution in [0, 0.1) is 11.3 Å². The number of nitriles is 1. The molecule has 4 aromatic rings. The first-order valence-corrected chi connectivity index (χ1v) is 8.64. The molecule has 23 heavy (non-hydrogen) atoms. The van der Waals surface area contributed by atoms with Gasteiger partial charge in [-0.05, 0) is 23.6 Å². The summed E-state index contributed by atoms with van der Waals surface area (Å²) in [5.41, 5.74) is 2.49. The van der Waals surface area contributed by atoms with Crippen LogP contribution in [-0.2, 0) is 6.54 Å². The smallest absolute Gasteiger partial charge is 0.214 e. The Bertz CT molecular complexity index is 943. The van der Waals surface area contributed by atoms with Gasteiger partial charge in [0.2, 0.25) is 10.1 Å². The van der Waals surface area contributed by atoms with Crippen molar-refractivity contribution in [2.75, 3.05) is 5.32 Å². The number of imidazole rings is 1. The van der Waals surface area contributed by atoms with Crippen LogP contribution >= 0.6 is 22.7 Å². The topological polar surface area (TPSA) is 66.0 Å². The van der Waals surface area contributed by atoms with Crippen molar-refractivity contribution in [3.05, 3.63) is 58.4 Å². The molecule has 112 valence electrons. The lowest BCUT2D eigenvalue weighted by molar-refractivity contribution is 0.964. The summed E-state index contributed by atoms with van der Waals surface area (Å²) in [7, 11) is 0. The van der Waals surface area contributed by atoms with Gasteiger partial charge in [0.1, 0.15) is 0 Å². The Labute approximate surface area is 140 Å². The summed E-state index contributed by atoms with van der Waals surface area (Å²) in [5, 5.41) is 19.6. The van der Waals surface area contributed by atoms with Gasteiger partial charge in [-0.2, -0.15) is 5.26 Å². The summed E-state index contributed by atoms with van der Waals surface area (Å²) in [4.78, 5) is 6.72. The number of nitrogens with one attached hydrogen (secondary N) is 1. The Morgan fingerprint density at radius 1 is 1.22 bits per heavy atom. The third-order valence-corrected chi connectivity index (χ3v) is 5.10. The highest BCUT2D eigenvalue weighted by molar-refractivity contribution is 7.20. The van der Waals surface area contributed by atoms with Crippen LogP contribution in [-0.4, -0.2) is 14.6 Å². The second-order valence-corrected chi connectivity index (χ2v) is 6.87. The first-order valence-electron chi connectivity index (χ1n) is 6.95. The molecule has 1 aromatic carbocycles. The van der Waals surface area contributed by atoms with Crippen LogP contribution in [0.4, 0.5) is 5.13 Å². The normalized spacial score (nSPS) is 10.7. The number of anilines is 1. The Kier molecular flexibility index (Phi) is 3.54. The molecule has 0 fully saturated rings. The molecule has 1 N–H and O–H groups in total. The summed E-state index contributed by atoms with van der Waals surface area (Å²) in [6.45, 7) is 0.775. The molecule has 0 atom stereocenters. The number of rotatable bonds is 4. The van der Waals surface area contributed by atoms with Gasteiger partial charge < -0.3 is 5.32 Å². The summed E-state index contributed by atoms with van der Waals surface area (Å²) in [6, 6.07) is 13.7. The number of thiophene rings is 1. The van der Waals surface area contributed by atoms with Crippen molar-refractivity contribution in [3.8, 4) is 17.3 Å². The highest BCUT2D eigenvalue weighted by Gasteiger charge is 2.09. The fourth-order valence-corrected chi connectivity index (χ4v) is 3.62. The minimum absolute atomic E-state index is 0.646. The van der Waals surface area contributed by atoms with E-state index in [1.807, 2.05) is 24.4 Å². The fraction of sp³-hybridized carbons (Fsp3) is 0.0625. The second-order valence-electron chi connectivity index (χ2n) is 4.88. The molecule has 0 bridgehead atoms. The predicted molar refractivity (Wildman–Crippen MR) is 92.7 cm³/mol. The molecule has 4 rings (SSSR count). The van der Waals surface area contributed by atoms with Crippen molar-refractivity contribution < 1.29 is 0 Å². The lowest BCUT2D eigenvalue weighted by Gasteiger charge is -1.98. The van der Waals surface area contributed by atoms with Crippen LogP contribution in [0.15, 0.2) is 48.0 Å². The number of nitrogens with zero attached hydrogens (tertiary/aromatic N) is 4. The number of benzene rings is 1. The van der Waals surface area contributed by atoms with Crippen molar-refractivity contribution in [3.63, 3.8) is 0 Å². The monoisotopic (exact) mass is 337 g/mol. The SMILES string of the molecule is N#Cc1ccc(-c2cn3nc(NCc4cccs4)sc3n2)cc1. The molecule has 5 nitrogen and oxygen atoms in total. The molecule has 0 saturated heterocycles. The van der Waals surface area contributed by atoms with E-state index in [9.17, 15) is 0 Å². The van der Waals surface area contributed by atoms with Crippen molar-refractivity contribution in [1.29, 1.82) is 5.26 Å². The van der Waals surface area contributed by atoms with Crippen molar-refractivity contribution in [2.24, 2.45) is 0 Å². The second kappa shape index (κ2) is 5.83. The molecule has 0 spiro atoms. The molecule has 0 aliphatic carbocycles. The number of aromatic nitrogens is 3. The molecule has 0 aliphatic rings. The van der Waals surface area contributed by atoms with E-state index in [-0.39, 0.29) is 0 Å². The zero-order chi connectivity index (χ0) is 15.6. The lowest BCUT2D eigenvalue weighted by atomic mass is 10.1. The van der Waals surface area contributed by atoms with Crippen LogP contribution < -0.4 is 5.32 Å². The van der Waals surface area contributed by atoms with Crippen LogP contribution in [0.3, 0.4) is 0 Å². The van der Waals surface area contributed by atoms with E-state index in [4.69, 9.17) is 5.26 Å². The number of fused-ring (bicyclic) bond motifs is 1. The van der Waals surface area contributed by atoms with Crippen molar-refractivity contribution >= 4 is 32.8 Å². The van der Waals surface area contributed by atoms with E-state index >= 15 is 0 Å². The Balaban J connectivity index is 1.55. The third kappa shape index (κ3) is 2.82. The van der Waals surface area contributed by atoms with Gasteiger partial charge in [0, 0.05) is 10.4 Å². The van der Waals surface area contributed by atoms with Gasteiger partial charge in [0.15, 0.2) is 0 Å². The van der Waals surface area contributed by atoms with Crippen molar-refractivity contribution in [1.82, 2.24) is 14.6 Å². The van der Waals surface area contributed by atoms with E-state index in [1.54, 1.807) is 28.0 Å². The van der Waals surface area contributed by atoms with Gasteiger partial charge in [-0.25, -0.2) is 9.50 Å². The first kappa shape index (κ1) is 13.9. The molecule has 3 heterocycles. The maximum absolute atomic E-state index is 8.85. The summed E-state index contributed by atoms with van der Waals surface area (Å²) in [5.74, 6) is 0. The molecule has 3 aromatic heterocycles. The molecule has 0 aliphatic heterocycles. The van der Waals surface area contributed by atoms with Crippen molar-refractivity contribution in [2.45, 2.75) is 6.54 Å². The van der Waals surface area contributed by atoms with E-state index in [0.717, 1.165) is 27.9 Å². The minimum atomic E-state index is 0.646. The minimum Gasteiger partial charge on any atom is -0.355 e. The van der Waals surface area contributed by atoms with Crippen LogP contribution in [0.2, 0.25) is 0 Å². The molecule has 0 radical (unpaired) electrons. The van der Waals surface area contributed by atoms with Crippen LogP contribution in [0.25, 0.3) is 16.2 Å². The average molecular weight is 337 g/mol. The van der Waals surface area contributed by atoms with Gasteiger partial charge in [0.05, 0.1) is 30.1 Å². The Hall–Kier alpha value is -2.69. The largest absolute Gasteiger partial charge is 0.355 e. The summed E-state index contributed by atoms with van der Waals surface area (Å²) < 4.78 is 1.79. The zero-order valence-corrected chi connectivity index (χ0v) is 13.6. The molecule has 7 heteroatoms. The van der Waals surface area contributed by atoms with Crippen LogP contribution in [0.1, 0.15) is 10.4 Å². The predicted octanol–water partition coefficient (Wildman–Crippen LogP) is 4.00. The third-order valence-electron chi connectivity index (χ3n) is 3.35. The first-order chi connectivity index (χ1) is 11.3. The molecular weight excluding hydrogens is 326 g/mol. The van der Waals surface area contributed by atoms with Gasteiger partial charge in [-0.3, -0.25) is 0 Å². The Morgan fingerprint density at radius 2 is 2.09 bits per heavy atom. The van der Waals surface area contributed by atoms with E-state index in [0.29, 0.717) is 5.56 Å². The van der Waals surface area contributed by atoms with Crippen LogP contribution in [0.5, 0.6) is 0 Å². The van der Waals surface area contributed by atoms with Gasteiger partial charge in [-0.1, -0.05) is 29.5 Å². The van der Waals surface area contributed by atoms with E-state index in [2.05, 4.69) is 32.9 Å². The fourth-order valence-electron chi connectivity index (χ4n) is 2.20. The maximum atomic E-state index is 8.85. The molecule has 0 unspecified atom stereocenters. The summed E-state index contributed by atoms with van der Waals surface area (Å²) >= 11 is 3.25. The molecule has 0 saturated carbocycles. The molecular formula is C16H11N5S2. The lowest BCUT2D eigenvalue weighted by Crippen LogP contribution is -1.97. The number of hydrogen-bond acceptors (Lipinski definition) is 6. The molecule has 0 amide bonds. The van der Waals surface area contributed by atoms with Gasteiger partial charge >= 0.3 is 0 Å². The maximum Gasteiger partial charge on any atom is 0.214 e. The zero-order valence-electron chi connectivity index (χ0n) is 11.9. The average Bonchev–Trinajstić information content (AvgIpc) is 3.29.